The molecule has 1 saturated heterocycles. The fourth-order valence-corrected chi connectivity index (χ4v) is 0.966. The third-order valence-corrected chi connectivity index (χ3v) is 1.52. The minimum absolute atomic E-state index is 0.264. The van der Waals surface area contributed by atoms with Crippen molar-refractivity contribution >= 4 is 0 Å². The van der Waals surface area contributed by atoms with Crippen molar-refractivity contribution in [2.45, 2.75) is 20.3 Å². The third-order valence-electron chi connectivity index (χ3n) is 1.52. The van der Waals surface area contributed by atoms with Crippen LogP contribution in [0.25, 0.3) is 0 Å². The smallest absolute Gasteiger partial charge is 0.0594 e. The Bertz CT molecular complexity index is 79.8. The first-order valence-electron chi connectivity index (χ1n) is 4.76. The molecule has 0 unspecified atom stereocenters. The molecular formula is C9H21NO2. The summed E-state index contributed by atoms with van der Waals surface area (Å²) < 4.78 is 5.12. The molecule has 1 aliphatic rings. The quantitative estimate of drug-likeness (QED) is 0.671. The molecule has 1 heterocycles. The number of β-amino-alcohol motifs (C(OH)–C–C–N with tert-alkyl or cyclic N) is 1. The number of hydrogen-bond acceptors (Lipinski definition) is 3. The Labute approximate surface area is 75.3 Å². The molecule has 1 N–H and O–H groups in total. The number of aliphatic hydroxyl groups is 1. The summed E-state index contributed by atoms with van der Waals surface area (Å²) in [5.74, 6) is 0. The van der Waals surface area contributed by atoms with Crippen LogP contribution in [0, 0.1) is 0 Å². The van der Waals surface area contributed by atoms with E-state index in [9.17, 15) is 0 Å². The van der Waals surface area contributed by atoms with E-state index in [1.807, 2.05) is 0 Å². The molecule has 1 fully saturated rings. The average Bonchev–Trinajstić information content (AvgIpc) is 2.08. The van der Waals surface area contributed by atoms with Gasteiger partial charge < -0.3 is 9.84 Å². The highest BCUT2D eigenvalue weighted by Gasteiger charge is 2.07. The van der Waals surface area contributed by atoms with Gasteiger partial charge in [-0.2, -0.15) is 0 Å². The summed E-state index contributed by atoms with van der Waals surface area (Å²) in [6.45, 7) is 8.89. The van der Waals surface area contributed by atoms with Crippen molar-refractivity contribution in [3.05, 3.63) is 0 Å². The van der Waals surface area contributed by atoms with Crippen molar-refractivity contribution in [2.75, 3.05) is 39.5 Å². The van der Waals surface area contributed by atoms with Gasteiger partial charge in [0.15, 0.2) is 0 Å². The average molecular weight is 175 g/mol. The molecule has 0 atom stereocenters. The maximum Gasteiger partial charge on any atom is 0.0594 e. The lowest BCUT2D eigenvalue weighted by atomic mass is 10.4. The molecule has 0 aliphatic carbocycles. The fourth-order valence-electron chi connectivity index (χ4n) is 0.966. The van der Waals surface area contributed by atoms with E-state index in [0.29, 0.717) is 0 Å². The summed E-state index contributed by atoms with van der Waals surface area (Å²) in [6, 6.07) is 0. The first-order chi connectivity index (χ1) is 5.85. The molecule has 0 saturated carbocycles. The molecule has 1 rings (SSSR count). The number of aliphatic hydroxyl groups excluding tert-OH is 1. The van der Waals surface area contributed by atoms with Crippen molar-refractivity contribution in [1.82, 2.24) is 4.90 Å². The van der Waals surface area contributed by atoms with Crippen LogP contribution in [-0.2, 0) is 4.74 Å². The Kier molecular flexibility index (Phi) is 8.88. The first-order valence-corrected chi connectivity index (χ1v) is 4.76. The second-order valence-corrected chi connectivity index (χ2v) is 2.88. The lowest BCUT2D eigenvalue weighted by Crippen LogP contribution is -2.37. The summed E-state index contributed by atoms with van der Waals surface area (Å²) in [5.41, 5.74) is 0. The van der Waals surface area contributed by atoms with Crippen molar-refractivity contribution in [3.63, 3.8) is 0 Å². The molecule has 12 heavy (non-hydrogen) atoms. The van der Waals surface area contributed by atoms with Gasteiger partial charge in [0.2, 0.25) is 0 Å². The Morgan fingerprint density at radius 1 is 1.25 bits per heavy atom. The van der Waals surface area contributed by atoms with Gasteiger partial charge in [-0.05, 0) is 0 Å². The zero-order valence-electron chi connectivity index (χ0n) is 8.25. The summed E-state index contributed by atoms with van der Waals surface area (Å²) in [5, 5.41) is 8.54. The van der Waals surface area contributed by atoms with Crippen LogP contribution in [0.3, 0.4) is 0 Å². The van der Waals surface area contributed by atoms with Crippen molar-refractivity contribution in [3.8, 4) is 0 Å². The molecule has 0 amide bonds. The van der Waals surface area contributed by atoms with Crippen LogP contribution in [0.2, 0.25) is 0 Å². The largest absolute Gasteiger partial charge is 0.395 e. The van der Waals surface area contributed by atoms with Crippen molar-refractivity contribution < 1.29 is 9.84 Å². The SMILES string of the molecule is CCC.OCCN1CCOCC1. The number of nitrogens with zero attached hydrogens (tertiary/aromatic N) is 1. The number of morpholine rings is 1. The van der Waals surface area contributed by atoms with Crippen LogP contribution >= 0.6 is 0 Å². The van der Waals surface area contributed by atoms with E-state index in [0.717, 1.165) is 32.8 Å². The molecule has 3 heteroatoms. The van der Waals surface area contributed by atoms with Gasteiger partial charge in [-0.25, -0.2) is 0 Å². The van der Waals surface area contributed by atoms with Crippen LogP contribution in [0.4, 0.5) is 0 Å². The molecule has 0 spiro atoms. The lowest BCUT2D eigenvalue weighted by molar-refractivity contribution is 0.0306. The van der Waals surface area contributed by atoms with Gasteiger partial charge in [-0.1, -0.05) is 20.3 Å². The summed E-state index contributed by atoms with van der Waals surface area (Å²) in [6.07, 6.45) is 1.25. The molecule has 0 aromatic rings. The van der Waals surface area contributed by atoms with Crippen molar-refractivity contribution in [1.29, 1.82) is 0 Å². The summed E-state index contributed by atoms with van der Waals surface area (Å²) in [7, 11) is 0. The molecule has 74 valence electrons. The van der Waals surface area contributed by atoms with Crippen LogP contribution in [0.15, 0.2) is 0 Å². The minimum atomic E-state index is 0.264. The Balaban J connectivity index is 0.000000354. The number of rotatable bonds is 2. The zero-order valence-corrected chi connectivity index (χ0v) is 8.25. The number of ether oxygens (including phenoxy) is 1. The van der Waals surface area contributed by atoms with Crippen LogP contribution in [0.5, 0.6) is 0 Å². The topological polar surface area (TPSA) is 32.7 Å². The molecule has 0 aromatic carbocycles. The van der Waals surface area contributed by atoms with Gasteiger partial charge in [-0.15, -0.1) is 0 Å². The van der Waals surface area contributed by atoms with E-state index in [-0.39, 0.29) is 6.61 Å². The third kappa shape index (κ3) is 6.58. The standard InChI is InChI=1S/C6H13NO2.C3H8/c8-4-1-7-2-5-9-6-3-7;1-3-2/h8H,1-6H2;3H2,1-2H3. The maximum absolute atomic E-state index is 8.54. The first kappa shape index (κ1) is 11.9. The van der Waals surface area contributed by atoms with Gasteiger partial charge in [0.25, 0.3) is 0 Å². The highest BCUT2D eigenvalue weighted by atomic mass is 16.5. The second kappa shape index (κ2) is 8.97. The van der Waals surface area contributed by atoms with Gasteiger partial charge in [0.05, 0.1) is 19.8 Å². The molecule has 1 aliphatic heterocycles. The van der Waals surface area contributed by atoms with Gasteiger partial charge in [0.1, 0.15) is 0 Å². The monoisotopic (exact) mass is 175 g/mol. The lowest BCUT2D eigenvalue weighted by Gasteiger charge is -2.25. The van der Waals surface area contributed by atoms with Gasteiger partial charge in [-0.3, -0.25) is 4.90 Å². The normalized spacial score (nSPS) is 18.2. The van der Waals surface area contributed by atoms with Crippen LogP contribution < -0.4 is 0 Å². The molecule has 3 nitrogen and oxygen atoms in total. The van der Waals surface area contributed by atoms with E-state index in [2.05, 4.69) is 18.7 Å². The summed E-state index contributed by atoms with van der Waals surface area (Å²) >= 11 is 0. The fraction of sp³-hybridized carbons (Fsp3) is 1.00. The Morgan fingerprint density at radius 3 is 2.17 bits per heavy atom. The predicted octanol–water partition coefficient (Wildman–Crippen LogP) is 0.727. The minimum Gasteiger partial charge on any atom is -0.395 e. The molecular weight excluding hydrogens is 154 g/mol. The van der Waals surface area contributed by atoms with E-state index in [4.69, 9.17) is 9.84 Å². The predicted molar refractivity (Wildman–Crippen MR) is 50.3 cm³/mol. The van der Waals surface area contributed by atoms with E-state index in [1.165, 1.54) is 6.42 Å². The van der Waals surface area contributed by atoms with E-state index < -0.39 is 0 Å². The highest BCUT2D eigenvalue weighted by molar-refractivity contribution is 4.59. The Morgan fingerprint density at radius 2 is 1.75 bits per heavy atom. The highest BCUT2D eigenvalue weighted by Crippen LogP contribution is 1.93. The molecule has 0 aromatic heterocycles. The summed E-state index contributed by atoms with van der Waals surface area (Å²) in [4.78, 5) is 2.20. The van der Waals surface area contributed by atoms with E-state index >= 15 is 0 Å². The van der Waals surface area contributed by atoms with Crippen LogP contribution in [-0.4, -0.2) is 49.5 Å². The van der Waals surface area contributed by atoms with Gasteiger partial charge >= 0.3 is 0 Å². The van der Waals surface area contributed by atoms with E-state index in [1.54, 1.807) is 0 Å². The maximum atomic E-state index is 8.54. The molecule has 0 radical (unpaired) electrons. The second-order valence-electron chi connectivity index (χ2n) is 2.88. The molecule has 0 bridgehead atoms. The Hall–Kier alpha value is -0.120. The number of hydrogen-bond donors (Lipinski definition) is 1. The van der Waals surface area contributed by atoms with Gasteiger partial charge in [0, 0.05) is 19.6 Å². The van der Waals surface area contributed by atoms with Crippen LogP contribution in [0.1, 0.15) is 20.3 Å². The zero-order chi connectivity index (χ0) is 9.23. The van der Waals surface area contributed by atoms with Crippen molar-refractivity contribution in [2.24, 2.45) is 0 Å².